The lowest BCUT2D eigenvalue weighted by Crippen LogP contribution is -2.34. The van der Waals surface area contributed by atoms with Crippen LogP contribution in [0.5, 0.6) is 0 Å². The van der Waals surface area contributed by atoms with Crippen molar-refractivity contribution in [3.63, 3.8) is 0 Å². The molecule has 0 aliphatic rings. The first-order chi connectivity index (χ1) is 8.56. The highest BCUT2D eigenvalue weighted by Gasteiger charge is 2.06. The average molecular weight is 256 g/mol. The Bertz CT molecular complexity index is 154. The van der Waals surface area contributed by atoms with Gasteiger partial charge in [0.05, 0.1) is 0 Å². The van der Waals surface area contributed by atoms with E-state index in [1.807, 2.05) is 0 Å². The van der Waals surface area contributed by atoms with Gasteiger partial charge in [0.1, 0.15) is 0 Å². The molecule has 110 valence electrons. The van der Waals surface area contributed by atoms with Gasteiger partial charge < -0.3 is 10.2 Å². The number of nitrogens with one attached hydrogen (secondary N) is 1. The van der Waals surface area contributed by atoms with Crippen LogP contribution in [0.1, 0.15) is 60.3 Å². The number of hydrogen-bond acceptors (Lipinski definition) is 2. The van der Waals surface area contributed by atoms with Crippen molar-refractivity contribution in [2.75, 3.05) is 32.7 Å². The standard InChI is InChI=1S/C16H36N2/c1-6-7-10-17-11-14-18(12-8-15(2)3)13-9-16(4)5/h15-17H,6-14H2,1-5H3. The monoisotopic (exact) mass is 256 g/mol. The molecule has 0 amide bonds. The summed E-state index contributed by atoms with van der Waals surface area (Å²) in [7, 11) is 0. The van der Waals surface area contributed by atoms with E-state index in [0.29, 0.717) is 0 Å². The molecule has 2 nitrogen and oxygen atoms in total. The molecule has 0 fully saturated rings. The van der Waals surface area contributed by atoms with Gasteiger partial charge in [-0.3, -0.25) is 0 Å². The summed E-state index contributed by atoms with van der Waals surface area (Å²) in [6.45, 7) is 17.6. The molecular weight excluding hydrogens is 220 g/mol. The van der Waals surface area contributed by atoms with E-state index in [2.05, 4.69) is 44.8 Å². The van der Waals surface area contributed by atoms with Crippen LogP contribution in [0, 0.1) is 11.8 Å². The van der Waals surface area contributed by atoms with Crippen LogP contribution in [0.25, 0.3) is 0 Å². The first-order valence-corrected chi connectivity index (χ1v) is 7.99. The molecule has 0 atom stereocenters. The van der Waals surface area contributed by atoms with E-state index in [9.17, 15) is 0 Å². The number of nitrogens with zero attached hydrogens (tertiary/aromatic N) is 1. The second-order valence-corrected chi connectivity index (χ2v) is 6.31. The van der Waals surface area contributed by atoms with Crippen LogP contribution in [0.4, 0.5) is 0 Å². The van der Waals surface area contributed by atoms with Gasteiger partial charge in [0.25, 0.3) is 0 Å². The molecule has 0 rings (SSSR count). The lowest BCUT2D eigenvalue weighted by Gasteiger charge is -2.24. The zero-order valence-corrected chi connectivity index (χ0v) is 13.5. The van der Waals surface area contributed by atoms with Crippen molar-refractivity contribution in [2.45, 2.75) is 60.3 Å². The van der Waals surface area contributed by atoms with E-state index in [-0.39, 0.29) is 0 Å². The Hall–Kier alpha value is -0.0800. The molecule has 0 unspecified atom stereocenters. The third kappa shape index (κ3) is 12.4. The summed E-state index contributed by atoms with van der Waals surface area (Å²) >= 11 is 0. The van der Waals surface area contributed by atoms with Gasteiger partial charge in [-0.15, -0.1) is 0 Å². The summed E-state index contributed by atoms with van der Waals surface area (Å²) in [5.74, 6) is 1.64. The topological polar surface area (TPSA) is 15.3 Å². The molecule has 0 radical (unpaired) electrons. The molecule has 0 aromatic rings. The van der Waals surface area contributed by atoms with Gasteiger partial charge >= 0.3 is 0 Å². The Morgan fingerprint density at radius 1 is 0.833 bits per heavy atom. The molecule has 1 N–H and O–H groups in total. The molecule has 0 spiro atoms. The first kappa shape index (κ1) is 17.9. The average Bonchev–Trinajstić information content (AvgIpc) is 2.30. The summed E-state index contributed by atoms with van der Waals surface area (Å²) in [5.41, 5.74) is 0. The fourth-order valence-corrected chi connectivity index (χ4v) is 1.88. The smallest absolute Gasteiger partial charge is 0.0107 e. The molecule has 0 heterocycles. The Balaban J connectivity index is 3.74. The van der Waals surface area contributed by atoms with Gasteiger partial charge in [0.2, 0.25) is 0 Å². The van der Waals surface area contributed by atoms with Gasteiger partial charge in [-0.1, -0.05) is 41.0 Å². The summed E-state index contributed by atoms with van der Waals surface area (Å²) in [5, 5.41) is 3.55. The normalized spacial score (nSPS) is 12.0. The highest BCUT2D eigenvalue weighted by atomic mass is 15.1. The third-order valence-corrected chi connectivity index (χ3v) is 3.36. The fraction of sp³-hybridized carbons (Fsp3) is 1.00. The summed E-state index contributed by atoms with van der Waals surface area (Å²) in [4.78, 5) is 2.64. The van der Waals surface area contributed by atoms with Crippen LogP contribution in [0.15, 0.2) is 0 Å². The van der Waals surface area contributed by atoms with Crippen molar-refractivity contribution in [3.8, 4) is 0 Å². The van der Waals surface area contributed by atoms with E-state index in [1.165, 1.54) is 51.9 Å². The SMILES string of the molecule is CCCCNCCN(CCC(C)C)CCC(C)C. The maximum atomic E-state index is 3.55. The third-order valence-electron chi connectivity index (χ3n) is 3.36. The van der Waals surface area contributed by atoms with E-state index in [0.717, 1.165) is 18.4 Å². The Morgan fingerprint density at radius 2 is 1.39 bits per heavy atom. The molecule has 0 saturated carbocycles. The lowest BCUT2D eigenvalue weighted by molar-refractivity contribution is 0.243. The van der Waals surface area contributed by atoms with Crippen LogP contribution < -0.4 is 5.32 Å². The second kappa shape index (κ2) is 12.0. The highest BCUT2D eigenvalue weighted by molar-refractivity contribution is 4.63. The Morgan fingerprint density at radius 3 is 1.83 bits per heavy atom. The van der Waals surface area contributed by atoms with Gasteiger partial charge in [-0.05, 0) is 50.7 Å². The maximum absolute atomic E-state index is 3.55. The molecule has 0 aromatic heterocycles. The van der Waals surface area contributed by atoms with Crippen LogP contribution in [-0.4, -0.2) is 37.6 Å². The predicted molar refractivity (Wildman–Crippen MR) is 83.1 cm³/mol. The molecular formula is C16H36N2. The van der Waals surface area contributed by atoms with E-state index in [1.54, 1.807) is 0 Å². The largest absolute Gasteiger partial charge is 0.315 e. The minimum Gasteiger partial charge on any atom is -0.315 e. The molecule has 0 bridgehead atoms. The molecule has 18 heavy (non-hydrogen) atoms. The van der Waals surface area contributed by atoms with Crippen molar-refractivity contribution in [2.24, 2.45) is 11.8 Å². The minimum atomic E-state index is 0.819. The van der Waals surface area contributed by atoms with Crippen LogP contribution in [-0.2, 0) is 0 Å². The molecule has 0 aromatic carbocycles. The Labute approximate surface area is 116 Å². The molecule has 0 aliphatic carbocycles. The summed E-state index contributed by atoms with van der Waals surface area (Å²) in [6, 6.07) is 0. The van der Waals surface area contributed by atoms with E-state index >= 15 is 0 Å². The van der Waals surface area contributed by atoms with Gasteiger partial charge in [0.15, 0.2) is 0 Å². The molecule has 0 saturated heterocycles. The summed E-state index contributed by atoms with van der Waals surface area (Å²) in [6.07, 6.45) is 5.25. The van der Waals surface area contributed by atoms with Gasteiger partial charge in [-0.2, -0.15) is 0 Å². The Kier molecular flexibility index (Phi) is 11.9. The van der Waals surface area contributed by atoms with Crippen LogP contribution in [0.2, 0.25) is 0 Å². The van der Waals surface area contributed by atoms with Gasteiger partial charge in [-0.25, -0.2) is 0 Å². The van der Waals surface area contributed by atoms with Crippen molar-refractivity contribution >= 4 is 0 Å². The summed E-state index contributed by atoms with van der Waals surface area (Å²) < 4.78 is 0. The zero-order chi connectivity index (χ0) is 13.8. The number of rotatable bonds is 12. The highest BCUT2D eigenvalue weighted by Crippen LogP contribution is 2.06. The lowest BCUT2D eigenvalue weighted by atomic mass is 10.1. The van der Waals surface area contributed by atoms with Crippen LogP contribution >= 0.6 is 0 Å². The number of hydrogen-bond donors (Lipinski definition) is 1. The zero-order valence-electron chi connectivity index (χ0n) is 13.5. The predicted octanol–water partition coefficient (Wildman–Crippen LogP) is 3.77. The van der Waals surface area contributed by atoms with Crippen molar-refractivity contribution < 1.29 is 0 Å². The quantitative estimate of drug-likeness (QED) is 0.535. The first-order valence-electron chi connectivity index (χ1n) is 7.99. The maximum Gasteiger partial charge on any atom is 0.0107 e. The fourth-order valence-electron chi connectivity index (χ4n) is 1.88. The van der Waals surface area contributed by atoms with Gasteiger partial charge in [0, 0.05) is 13.1 Å². The molecule has 0 aliphatic heterocycles. The van der Waals surface area contributed by atoms with E-state index in [4.69, 9.17) is 0 Å². The number of unbranched alkanes of at least 4 members (excludes halogenated alkanes) is 1. The van der Waals surface area contributed by atoms with Crippen LogP contribution in [0.3, 0.4) is 0 Å². The minimum absolute atomic E-state index is 0.819. The van der Waals surface area contributed by atoms with Crippen molar-refractivity contribution in [1.29, 1.82) is 0 Å². The second-order valence-electron chi connectivity index (χ2n) is 6.31. The van der Waals surface area contributed by atoms with Crippen molar-refractivity contribution in [3.05, 3.63) is 0 Å². The molecule has 2 heteroatoms. The van der Waals surface area contributed by atoms with E-state index < -0.39 is 0 Å². The van der Waals surface area contributed by atoms with Crippen molar-refractivity contribution in [1.82, 2.24) is 10.2 Å².